The molecule has 0 radical (unpaired) electrons. The summed E-state index contributed by atoms with van der Waals surface area (Å²) in [5.74, 6) is 1.22. The van der Waals surface area contributed by atoms with Crippen LogP contribution in [0.2, 0.25) is 5.02 Å². The van der Waals surface area contributed by atoms with Gasteiger partial charge in [0.25, 0.3) is 0 Å². The highest BCUT2D eigenvalue weighted by molar-refractivity contribution is 6.33. The van der Waals surface area contributed by atoms with E-state index >= 15 is 0 Å². The first-order valence-electron chi connectivity index (χ1n) is 6.91. The number of hydrogen-bond acceptors (Lipinski definition) is 4. The predicted molar refractivity (Wildman–Crippen MR) is 81.5 cm³/mol. The van der Waals surface area contributed by atoms with Crippen LogP contribution in [-0.4, -0.2) is 20.2 Å². The van der Waals surface area contributed by atoms with Gasteiger partial charge in [-0.25, -0.2) is 4.68 Å². The van der Waals surface area contributed by atoms with Crippen molar-refractivity contribution >= 4 is 17.3 Å². The molecule has 1 unspecified atom stereocenters. The zero-order valence-electron chi connectivity index (χ0n) is 12.0. The third kappa shape index (κ3) is 2.77. The van der Waals surface area contributed by atoms with Crippen LogP contribution in [0.15, 0.2) is 18.2 Å². The van der Waals surface area contributed by atoms with E-state index in [9.17, 15) is 0 Å². The van der Waals surface area contributed by atoms with Gasteiger partial charge in [0, 0.05) is 11.3 Å². The number of anilines is 1. The second-order valence-electron chi connectivity index (χ2n) is 5.00. The Kier molecular flexibility index (Phi) is 4.60. The van der Waals surface area contributed by atoms with Gasteiger partial charge in [0.2, 0.25) is 0 Å². The summed E-state index contributed by atoms with van der Waals surface area (Å²) >= 11 is 6.26. The fourth-order valence-corrected chi connectivity index (χ4v) is 2.80. The Bertz CT molecular complexity index is 577. The number of nitrogens with two attached hydrogens (primary N) is 1. The number of nitrogens with zero attached hydrogens (tertiary/aromatic N) is 4. The lowest BCUT2D eigenvalue weighted by atomic mass is 9.95. The van der Waals surface area contributed by atoms with Gasteiger partial charge in [0.1, 0.15) is 0 Å². The fraction of sp³-hybridized carbons (Fsp3) is 0.500. The van der Waals surface area contributed by atoms with Crippen molar-refractivity contribution in [3.63, 3.8) is 0 Å². The van der Waals surface area contributed by atoms with E-state index in [2.05, 4.69) is 36.3 Å². The zero-order valence-corrected chi connectivity index (χ0v) is 12.8. The van der Waals surface area contributed by atoms with Crippen LogP contribution in [0.5, 0.6) is 0 Å². The topological polar surface area (TPSA) is 69.6 Å². The standard InChI is InChI=1S/C14H20ClN5/c1-4-10(5-2)9(3)20-14(17-18-19-20)12-7-6-11(16)8-13(12)15/h6-10H,4-5,16H2,1-3H3. The molecule has 2 rings (SSSR count). The minimum atomic E-state index is 0.226. The molecule has 1 heterocycles. The molecule has 108 valence electrons. The van der Waals surface area contributed by atoms with E-state index in [0.29, 0.717) is 22.5 Å². The number of halogens is 1. The van der Waals surface area contributed by atoms with Gasteiger partial charge in [-0.3, -0.25) is 0 Å². The van der Waals surface area contributed by atoms with Crippen LogP contribution in [0.4, 0.5) is 5.69 Å². The van der Waals surface area contributed by atoms with Crippen LogP contribution in [0.25, 0.3) is 11.4 Å². The summed E-state index contributed by atoms with van der Waals surface area (Å²) in [5, 5.41) is 12.6. The van der Waals surface area contributed by atoms with Crippen molar-refractivity contribution in [1.29, 1.82) is 0 Å². The lowest BCUT2D eigenvalue weighted by Crippen LogP contribution is -2.18. The first-order valence-corrected chi connectivity index (χ1v) is 7.29. The highest BCUT2D eigenvalue weighted by Gasteiger charge is 2.22. The third-order valence-electron chi connectivity index (χ3n) is 3.84. The van der Waals surface area contributed by atoms with Gasteiger partial charge in [-0.2, -0.15) is 0 Å². The number of hydrogen-bond donors (Lipinski definition) is 1. The van der Waals surface area contributed by atoms with E-state index < -0.39 is 0 Å². The van der Waals surface area contributed by atoms with E-state index in [4.69, 9.17) is 17.3 Å². The lowest BCUT2D eigenvalue weighted by molar-refractivity contribution is 0.309. The monoisotopic (exact) mass is 293 g/mol. The highest BCUT2D eigenvalue weighted by Crippen LogP contribution is 2.31. The molecule has 2 N–H and O–H groups in total. The van der Waals surface area contributed by atoms with Crippen LogP contribution >= 0.6 is 11.6 Å². The van der Waals surface area contributed by atoms with Crippen LogP contribution in [0, 0.1) is 5.92 Å². The Hall–Kier alpha value is -1.62. The Labute approximate surface area is 124 Å². The summed E-state index contributed by atoms with van der Waals surface area (Å²) in [6.45, 7) is 6.51. The van der Waals surface area contributed by atoms with Gasteiger partial charge >= 0.3 is 0 Å². The van der Waals surface area contributed by atoms with Gasteiger partial charge in [-0.1, -0.05) is 38.3 Å². The molecule has 0 aliphatic rings. The number of nitrogen functional groups attached to an aromatic ring is 1. The van der Waals surface area contributed by atoms with Gasteiger partial charge in [-0.15, -0.1) is 5.10 Å². The molecular formula is C14H20ClN5. The molecule has 6 heteroatoms. The molecule has 20 heavy (non-hydrogen) atoms. The van der Waals surface area contributed by atoms with Crippen LogP contribution in [0.3, 0.4) is 0 Å². The molecule has 0 saturated heterocycles. The van der Waals surface area contributed by atoms with Crippen molar-refractivity contribution in [2.24, 2.45) is 5.92 Å². The maximum absolute atomic E-state index is 6.26. The highest BCUT2D eigenvalue weighted by atomic mass is 35.5. The minimum absolute atomic E-state index is 0.226. The first-order chi connectivity index (χ1) is 9.58. The quantitative estimate of drug-likeness (QED) is 0.856. The Morgan fingerprint density at radius 2 is 2.00 bits per heavy atom. The summed E-state index contributed by atoms with van der Waals surface area (Å²) in [5.41, 5.74) is 7.17. The molecule has 0 saturated carbocycles. The maximum atomic E-state index is 6.26. The molecule has 1 aromatic carbocycles. The number of aromatic nitrogens is 4. The molecule has 0 fully saturated rings. The average molecular weight is 294 g/mol. The largest absolute Gasteiger partial charge is 0.399 e. The van der Waals surface area contributed by atoms with Crippen LogP contribution in [0.1, 0.15) is 39.7 Å². The van der Waals surface area contributed by atoms with Crippen molar-refractivity contribution in [2.75, 3.05) is 5.73 Å². The molecule has 0 amide bonds. The maximum Gasteiger partial charge on any atom is 0.183 e. The molecule has 1 aromatic heterocycles. The second-order valence-corrected chi connectivity index (χ2v) is 5.41. The first kappa shape index (κ1) is 14.8. The molecule has 1 atom stereocenters. The Morgan fingerprint density at radius 3 is 2.60 bits per heavy atom. The van der Waals surface area contributed by atoms with Gasteiger partial charge < -0.3 is 5.73 Å². The Morgan fingerprint density at radius 1 is 1.30 bits per heavy atom. The third-order valence-corrected chi connectivity index (χ3v) is 4.16. The van der Waals surface area contributed by atoms with E-state index in [0.717, 1.165) is 18.4 Å². The summed E-state index contributed by atoms with van der Waals surface area (Å²) in [4.78, 5) is 0. The minimum Gasteiger partial charge on any atom is -0.399 e. The van der Waals surface area contributed by atoms with Gasteiger partial charge in [0.05, 0.1) is 11.1 Å². The van der Waals surface area contributed by atoms with E-state index in [1.807, 2.05) is 16.8 Å². The van der Waals surface area contributed by atoms with Crippen molar-refractivity contribution in [3.8, 4) is 11.4 Å². The summed E-state index contributed by atoms with van der Waals surface area (Å²) in [7, 11) is 0. The van der Waals surface area contributed by atoms with Gasteiger partial charge in [0.15, 0.2) is 5.82 Å². The second kappa shape index (κ2) is 6.22. The number of tetrazole rings is 1. The molecule has 0 bridgehead atoms. The molecule has 2 aromatic rings. The Balaban J connectivity index is 2.42. The van der Waals surface area contributed by atoms with E-state index in [1.165, 1.54) is 0 Å². The summed E-state index contributed by atoms with van der Waals surface area (Å²) in [6.07, 6.45) is 2.18. The molecular weight excluding hydrogens is 274 g/mol. The fourth-order valence-electron chi connectivity index (χ4n) is 2.53. The smallest absolute Gasteiger partial charge is 0.183 e. The number of rotatable bonds is 5. The number of benzene rings is 1. The molecule has 5 nitrogen and oxygen atoms in total. The summed E-state index contributed by atoms with van der Waals surface area (Å²) < 4.78 is 1.86. The van der Waals surface area contributed by atoms with Gasteiger partial charge in [-0.05, 0) is 41.5 Å². The SMILES string of the molecule is CCC(CC)C(C)n1nnnc1-c1ccc(N)cc1Cl. The normalized spacial score (nSPS) is 12.8. The average Bonchev–Trinajstić information content (AvgIpc) is 2.89. The van der Waals surface area contributed by atoms with Crippen LogP contribution in [-0.2, 0) is 0 Å². The van der Waals surface area contributed by atoms with E-state index in [-0.39, 0.29) is 6.04 Å². The van der Waals surface area contributed by atoms with Crippen molar-refractivity contribution in [2.45, 2.75) is 39.7 Å². The molecule has 0 aliphatic heterocycles. The van der Waals surface area contributed by atoms with Crippen molar-refractivity contribution in [1.82, 2.24) is 20.2 Å². The van der Waals surface area contributed by atoms with Crippen molar-refractivity contribution in [3.05, 3.63) is 23.2 Å². The van der Waals surface area contributed by atoms with E-state index in [1.54, 1.807) is 6.07 Å². The molecule has 0 spiro atoms. The molecule has 0 aliphatic carbocycles. The van der Waals surface area contributed by atoms with Crippen molar-refractivity contribution < 1.29 is 0 Å². The zero-order chi connectivity index (χ0) is 14.7. The lowest BCUT2D eigenvalue weighted by Gasteiger charge is -2.22. The predicted octanol–water partition coefficient (Wildman–Crippen LogP) is 3.57. The summed E-state index contributed by atoms with van der Waals surface area (Å²) in [6, 6.07) is 5.61. The van der Waals surface area contributed by atoms with Crippen LogP contribution < -0.4 is 5.73 Å².